The van der Waals surface area contributed by atoms with Gasteiger partial charge < -0.3 is 5.32 Å². The second-order valence-electron chi connectivity index (χ2n) is 4.26. The Morgan fingerprint density at radius 3 is 2.95 bits per heavy atom. The van der Waals surface area contributed by atoms with E-state index in [1.807, 2.05) is 31.4 Å². The van der Waals surface area contributed by atoms with Crippen molar-refractivity contribution < 1.29 is 4.79 Å². The van der Waals surface area contributed by atoms with E-state index < -0.39 is 0 Å². The van der Waals surface area contributed by atoms with Crippen LogP contribution in [0, 0.1) is 6.92 Å². The number of hydrogen-bond acceptors (Lipinski definition) is 3. The number of thiophene rings is 1. The molecule has 1 unspecified atom stereocenters. The number of pyridine rings is 1. The van der Waals surface area contributed by atoms with Crippen molar-refractivity contribution in [2.45, 2.75) is 26.3 Å². The van der Waals surface area contributed by atoms with Crippen molar-refractivity contribution >= 4 is 28.8 Å². The third-order valence-corrected chi connectivity index (χ3v) is 4.13. The smallest absolute Gasteiger partial charge is 0.254 e. The predicted octanol–water partition coefficient (Wildman–Crippen LogP) is 3.99. The number of hydrogen-bond donors (Lipinski definition) is 1. The lowest BCUT2D eigenvalue weighted by Gasteiger charge is -2.16. The van der Waals surface area contributed by atoms with E-state index in [1.54, 1.807) is 17.4 Å². The van der Waals surface area contributed by atoms with Gasteiger partial charge in [0.1, 0.15) is 0 Å². The van der Waals surface area contributed by atoms with E-state index >= 15 is 0 Å². The highest BCUT2D eigenvalue weighted by molar-refractivity contribution is 7.10. The van der Waals surface area contributed by atoms with E-state index in [2.05, 4.69) is 10.3 Å². The average molecular weight is 295 g/mol. The van der Waals surface area contributed by atoms with Crippen molar-refractivity contribution in [2.75, 3.05) is 0 Å². The van der Waals surface area contributed by atoms with E-state index in [1.165, 1.54) is 6.20 Å². The highest BCUT2D eigenvalue weighted by atomic mass is 35.5. The van der Waals surface area contributed by atoms with Gasteiger partial charge in [-0.2, -0.15) is 0 Å². The minimum atomic E-state index is -0.183. The van der Waals surface area contributed by atoms with Crippen molar-refractivity contribution in [3.05, 3.63) is 50.9 Å². The lowest BCUT2D eigenvalue weighted by atomic mass is 10.1. The molecule has 0 radical (unpaired) electrons. The van der Waals surface area contributed by atoms with Gasteiger partial charge in [-0.15, -0.1) is 11.3 Å². The van der Waals surface area contributed by atoms with Gasteiger partial charge in [0.2, 0.25) is 0 Å². The molecule has 1 atom stereocenters. The zero-order chi connectivity index (χ0) is 13.8. The Morgan fingerprint density at radius 2 is 2.37 bits per heavy atom. The Morgan fingerprint density at radius 1 is 1.58 bits per heavy atom. The van der Waals surface area contributed by atoms with Crippen molar-refractivity contribution in [3.63, 3.8) is 0 Å². The molecule has 0 aromatic carbocycles. The Labute approximate surface area is 121 Å². The molecule has 0 aliphatic rings. The van der Waals surface area contributed by atoms with Gasteiger partial charge in [0.25, 0.3) is 5.91 Å². The Bertz CT molecular complexity index is 569. The standard InChI is InChI=1S/C14H15ClN2OS/c1-3-12(13-5-4-6-19-13)17-14(18)10-8-16-9(2)7-11(10)15/h4-8,12H,3H2,1-2H3,(H,17,18). The van der Waals surface area contributed by atoms with E-state index in [9.17, 15) is 4.79 Å². The Kier molecular flexibility index (Phi) is 4.56. The third-order valence-electron chi connectivity index (χ3n) is 2.84. The van der Waals surface area contributed by atoms with Crippen LogP contribution >= 0.6 is 22.9 Å². The zero-order valence-electron chi connectivity index (χ0n) is 10.8. The number of aromatic nitrogens is 1. The lowest BCUT2D eigenvalue weighted by Crippen LogP contribution is -2.28. The van der Waals surface area contributed by atoms with Gasteiger partial charge in [-0.25, -0.2) is 0 Å². The number of halogens is 1. The van der Waals surface area contributed by atoms with Crippen molar-refractivity contribution in [3.8, 4) is 0 Å². The second kappa shape index (κ2) is 6.17. The summed E-state index contributed by atoms with van der Waals surface area (Å²) in [4.78, 5) is 17.5. The molecule has 0 spiro atoms. The maximum Gasteiger partial charge on any atom is 0.254 e. The van der Waals surface area contributed by atoms with Crippen molar-refractivity contribution in [2.24, 2.45) is 0 Å². The van der Waals surface area contributed by atoms with E-state index in [-0.39, 0.29) is 11.9 Å². The van der Waals surface area contributed by atoms with Gasteiger partial charge in [-0.1, -0.05) is 24.6 Å². The van der Waals surface area contributed by atoms with Crippen LogP contribution in [0.15, 0.2) is 29.8 Å². The summed E-state index contributed by atoms with van der Waals surface area (Å²) in [5, 5.41) is 5.43. The monoisotopic (exact) mass is 294 g/mol. The Balaban J connectivity index is 2.16. The average Bonchev–Trinajstić information content (AvgIpc) is 2.89. The molecule has 2 aromatic heterocycles. The highest BCUT2D eigenvalue weighted by Gasteiger charge is 2.17. The number of nitrogens with zero attached hydrogens (tertiary/aromatic N) is 1. The summed E-state index contributed by atoms with van der Waals surface area (Å²) >= 11 is 7.71. The molecule has 2 rings (SSSR count). The summed E-state index contributed by atoms with van der Waals surface area (Å²) in [7, 11) is 0. The fourth-order valence-corrected chi connectivity index (χ4v) is 2.95. The van der Waals surface area contributed by atoms with E-state index in [4.69, 9.17) is 11.6 Å². The van der Waals surface area contributed by atoms with Crippen LogP contribution in [0.4, 0.5) is 0 Å². The summed E-state index contributed by atoms with van der Waals surface area (Å²) in [6, 6.07) is 5.72. The molecule has 0 saturated carbocycles. The van der Waals surface area contributed by atoms with Gasteiger partial charge >= 0.3 is 0 Å². The molecule has 19 heavy (non-hydrogen) atoms. The molecule has 0 aliphatic heterocycles. The molecule has 5 heteroatoms. The quantitative estimate of drug-likeness (QED) is 0.926. The number of carbonyl (C=O) groups excluding carboxylic acids is 1. The zero-order valence-corrected chi connectivity index (χ0v) is 12.4. The first-order chi connectivity index (χ1) is 9.11. The van der Waals surface area contributed by atoms with Gasteiger partial charge in [0, 0.05) is 16.8 Å². The first kappa shape index (κ1) is 14.0. The number of rotatable bonds is 4. The molecule has 0 fully saturated rings. The molecule has 2 heterocycles. The van der Waals surface area contributed by atoms with Crippen LogP contribution in [-0.4, -0.2) is 10.9 Å². The SMILES string of the molecule is CCC(NC(=O)c1cnc(C)cc1Cl)c1cccs1. The van der Waals surface area contributed by atoms with Gasteiger partial charge in [0.15, 0.2) is 0 Å². The minimum absolute atomic E-state index is 0.0184. The molecular weight excluding hydrogens is 280 g/mol. The highest BCUT2D eigenvalue weighted by Crippen LogP contribution is 2.23. The molecule has 2 aromatic rings. The van der Waals surface area contributed by atoms with Crippen molar-refractivity contribution in [1.82, 2.24) is 10.3 Å². The summed E-state index contributed by atoms with van der Waals surface area (Å²) in [6.07, 6.45) is 2.36. The summed E-state index contributed by atoms with van der Waals surface area (Å²) in [5.74, 6) is -0.183. The summed E-state index contributed by atoms with van der Waals surface area (Å²) in [6.45, 7) is 3.88. The van der Waals surface area contributed by atoms with Gasteiger partial charge in [-0.3, -0.25) is 9.78 Å². The minimum Gasteiger partial charge on any atom is -0.344 e. The maximum absolute atomic E-state index is 12.2. The number of carbonyl (C=O) groups is 1. The van der Waals surface area contributed by atoms with Crippen LogP contribution in [0.25, 0.3) is 0 Å². The molecule has 0 saturated heterocycles. The third kappa shape index (κ3) is 3.33. The summed E-state index contributed by atoms with van der Waals surface area (Å²) in [5.41, 5.74) is 1.22. The van der Waals surface area contributed by atoms with Crippen LogP contribution in [0.5, 0.6) is 0 Å². The van der Waals surface area contributed by atoms with Crippen LogP contribution < -0.4 is 5.32 Å². The fraction of sp³-hybridized carbons (Fsp3) is 0.286. The van der Waals surface area contributed by atoms with Crippen LogP contribution in [-0.2, 0) is 0 Å². The van der Waals surface area contributed by atoms with E-state index in [0.717, 1.165) is 17.0 Å². The van der Waals surface area contributed by atoms with Crippen LogP contribution in [0.3, 0.4) is 0 Å². The van der Waals surface area contributed by atoms with Gasteiger partial charge in [-0.05, 0) is 30.9 Å². The molecule has 1 amide bonds. The molecule has 0 aliphatic carbocycles. The first-order valence-corrected chi connectivity index (χ1v) is 7.34. The predicted molar refractivity (Wildman–Crippen MR) is 78.8 cm³/mol. The van der Waals surface area contributed by atoms with Crippen LogP contribution in [0.2, 0.25) is 5.02 Å². The summed E-state index contributed by atoms with van der Waals surface area (Å²) < 4.78 is 0. The fourth-order valence-electron chi connectivity index (χ4n) is 1.79. The van der Waals surface area contributed by atoms with Gasteiger partial charge in [0.05, 0.1) is 16.6 Å². The largest absolute Gasteiger partial charge is 0.344 e. The molecule has 3 nitrogen and oxygen atoms in total. The lowest BCUT2D eigenvalue weighted by molar-refractivity contribution is 0.0936. The normalized spacial score (nSPS) is 12.2. The Hall–Kier alpha value is -1.39. The van der Waals surface area contributed by atoms with E-state index in [0.29, 0.717) is 10.6 Å². The molecule has 1 N–H and O–H groups in total. The van der Waals surface area contributed by atoms with Crippen LogP contribution in [0.1, 0.15) is 40.3 Å². The number of aryl methyl sites for hydroxylation is 1. The first-order valence-electron chi connectivity index (χ1n) is 6.08. The number of amides is 1. The van der Waals surface area contributed by atoms with Crippen molar-refractivity contribution in [1.29, 1.82) is 0 Å². The molecule has 0 bridgehead atoms. The molecule has 100 valence electrons. The second-order valence-corrected chi connectivity index (χ2v) is 5.64. The topological polar surface area (TPSA) is 42.0 Å². The molecular formula is C14H15ClN2OS. The number of nitrogens with one attached hydrogen (secondary N) is 1. The maximum atomic E-state index is 12.2.